The average molecular weight is 218 g/mol. The van der Waals surface area contributed by atoms with Gasteiger partial charge in [-0.05, 0) is 44.4 Å². The first-order chi connectivity index (χ1) is 7.59. The van der Waals surface area contributed by atoms with Crippen LogP contribution in [0.1, 0.15) is 30.4 Å². The SMILES string of the molecule is Cc1ccccc1CN(C)CC1(N)CCC1. The van der Waals surface area contributed by atoms with Gasteiger partial charge in [0.1, 0.15) is 0 Å². The Kier molecular flexibility index (Phi) is 3.31. The lowest BCUT2D eigenvalue weighted by molar-refractivity contribution is 0.161. The van der Waals surface area contributed by atoms with Crippen LogP contribution in [-0.2, 0) is 6.54 Å². The smallest absolute Gasteiger partial charge is 0.0283 e. The van der Waals surface area contributed by atoms with Crippen molar-refractivity contribution >= 4 is 0 Å². The zero-order valence-electron chi connectivity index (χ0n) is 10.4. The second kappa shape index (κ2) is 4.56. The number of likely N-dealkylation sites (N-methyl/N-ethyl adjacent to an activating group) is 1. The van der Waals surface area contributed by atoms with Crippen LogP contribution in [0.15, 0.2) is 24.3 Å². The lowest BCUT2D eigenvalue weighted by Crippen LogP contribution is -2.54. The zero-order chi connectivity index (χ0) is 11.6. The molecule has 0 unspecified atom stereocenters. The van der Waals surface area contributed by atoms with E-state index in [2.05, 4.69) is 43.1 Å². The zero-order valence-corrected chi connectivity index (χ0v) is 10.4. The van der Waals surface area contributed by atoms with Crippen molar-refractivity contribution in [3.63, 3.8) is 0 Å². The van der Waals surface area contributed by atoms with E-state index in [1.165, 1.54) is 30.4 Å². The van der Waals surface area contributed by atoms with E-state index in [-0.39, 0.29) is 5.54 Å². The Balaban J connectivity index is 1.92. The Hall–Kier alpha value is -0.860. The number of benzene rings is 1. The Labute approximate surface area is 98.4 Å². The van der Waals surface area contributed by atoms with E-state index in [0.717, 1.165) is 13.1 Å². The van der Waals surface area contributed by atoms with Crippen LogP contribution in [0, 0.1) is 6.92 Å². The van der Waals surface area contributed by atoms with Crippen LogP contribution in [-0.4, -0.2) is 24.0 Å². The van der Waals surface area contributed by atoms with Crippen LogP contribution in [0.25, 0.3) is 0 Å². The third kappa shape index (κ3) is 2.63. The molecule has 1 aliphatic carbocycles. The summed E-state index contributed by atoms with van der Waals surface area (Å²) in [5.74, 6) is 0. The van der Waals surface area contributed by atoms with Crippen LogP contribution in [0.5, 0.6) is 0 Å². The van der Waals surface area contributed by atoms with E-state index in [1.807, 2.05) is 0 Å². The number of nitrogens with zero attached hydrogens (tertiary/aromatic N) is 1. The summed E-state index contributed by atoms with van der Waals surface area (Å²) in [6, 6.07) is 8.58. The maximum absolute atomic E-state index is 6.25. The summed E-state index contributed by atoms with van der Waals surface area (Å²) in [6.07, 6.45) is 3.67. The molecule has 88 valence electrons. The van der Waals surface area contributed by atoms with E-state index in [0.29, 0.717) is 0 Å². The lowest BCUT2D eigenvalue weighted by atomic mass is 9.77. The maximum atomic E-state index is 6.25. The molecule has 2 nitrogen and oxygen atoms in total. The second-order valence-electron chi connectivity index (χ2n) is 5.31. The Morgan fingerprint density at radius 3 is 2.56 bits per heavy atom. The standard InChI is InChI=1S/C14H22N2/c1-12-6-3-4-7-13(12)10-16(2)11-14(15)8-5-9-14/h3-4,6-7H,5,8-11,15H2,1-2H3. The fourth-order valence-electron chi connectivity index (χ4n) is 2.46. The van der Waals surface area contributed by atoms with Crippen LogP contribution in [0.3, 0.4) is 0 Å². The summed E-state index contributed by atoms with van der Waals surface area (Å²) < 4.78 is 0. The molecule has 0 bridgehead atoms. The van der Waals surface area contributed by atoms with Crippen LogP contribution < -0.4 is 5.73 Å². The number of hydrogen-bond donors (Lipinski definition) is 1. The molecule has 1 aromatic carbocycles. The maximum Gasteiger partial charge on any atom is 0.0283 e. The van der Waals surface area contributed by atoms with Crippen molar-refractivity contribution in [3.05, 3.63) is 35.4 Å². The summed E-state index contributed by atoms with van der Waals surface area (Å²) >= 11 is 0. The van der Waals surface area contributed by atoms with Crippen LogP contribution >= 0.6 is 0 Å². The molecule has 1 fully saturated rings. The van der Waals surface area contributed by atoms with Crippen molar-refractivity contribution < 1.29 is 0 Å². The van der Waals surface area contributed by atoms with Gasteiger partial charge in [0.2, 0.25) is 0 Å². The number of aryl methyl sites for hydroxylation is 1. The van der Waals surface area contributed by atoms with Crippen molar-refractivity contribution in [2.45, 2.75) is 38.3 Å². The minimum atomic E-state index is 0.0947. The van der Waals surface area contributed by atoms with E-state index >= 15 is 0 Å². The fraction of sp³-hybridized carbons (Fsp3) is 0.571. The Morgan fingerprint density at radius 2 is 2.00 bits per heavy atom. The topological polar surface area (TPSA) is 29.3 Å². The molecule has 0 aliphatic heterocycles. The van der Waals surface area contributed by atoms with Crippen molar-refractivity contribution in [1.82, 2.24) is 4.90 Å². The fourth-order valence-corrected chi connectivity index (χ4v) is 2.46. The Morgan fingerprint density at radius 1 is 1.31 bits per heavy atom. The van der Waals surface area contributed by atoms with E-state index in [4.69, 9.17) is 5.73 Å². The quantitative estimate of drug-likeness (QED) is 0.840. The third-order valence-electron chi connectivity index (χ3n) is 3.64. The van der Waals surface area contributed by atoms with Gasteiger partial charge in [-0.2, -0.15) is 0 Å². The molecule has 2 rings (SSSR count). The first-order valence-electron chi connectivity index (χ1n) is 6.11. The number of rotatable bonds is 4. The highest BCUT2D eigenvalue weighted by Crippen LogP contribution is 2.29. The Bertz CT molecular complexity index is 356. The number of nitrogens with two attached hydrogens (primary N) is 1. The molecule has 2 N–H and O–H groups in total. The van der Waals surface area contributed by atoms with Gasteiger partial charge in [-0.3, -0.25) is 0 Å². The predicted octanol–water partition coefficient (Wildman–Crippen LogP) is 2.31. The minimum absolute atomic E-state index is 0.0947. The molecule has 1 aliphatic rings. The monoisotopic (exact) mass is 218 g/mol. The molecule has 2 heteroatoms. The van der Waals surface area contributed by atoms with Gasteiger partial charge in [0.15, 0.2) is 0 Å². The second-order valence-corrected chi connectivity index (χ2v) is 5.31. The van der Waals surface area contributed by atoms with Crippen molar-refractivity contribution in [2.75, 3.05) is 13.6 Å². The first kappa shape index (κ1) is 11.6. The summed E-state index contributed by atoms with van der Waals surface area (Å²) in [5.41, 5.74) is 9.13. The van der Waals surface area contributed by atoms with Gasteiger partial charge >= 0.3 is 0 Å². The molecular formula is C14H22N2. The van der Waals surface area contributed by atoms with Gasteiger partial charge < -0.3 is 10.6 Å². The molecule has 1 saturated carbocycles. The normalized spacial score (nSPS) is 18.5. The molecule has 0 saturated heterocycles. The van der Waals surface area contributed by atoms with Gasteiger partial charge in [-0.25, -0.2) is 0 Å². The molecule has 0 atom stereocenters. The van der Waals surface area contributed by atoms with Gasteiger partial charge in [0.25, 0.3) is 0 Å². The molecule has 0 aromatic heterocycles. The highest BCUT2D eigenvalue weighted by atomic mass is 15.1. The summed E-state index contributed by atoms with van der Waals surface area (Å²) in [6.45, 7) is 4.19. The van der Waals surface area contributed by atoms with Gasteiger partial charge in [-0.15, -0.1) is 0 Å². The van der Waals surface area contributed by atoms with Gasteiger partial charge in [0, 0.05) is 18.6 Å². The number of hydrogen-bond acceptors (Lipinski definition) is 2. The van der Waals surface area contributed by atoms with Crippen molar-refractivity contribution in [2.24, 2.45) is 5.73 Å². The first-order valence-corrected chi connectivity index (χ1v) is 6.11. The molecular weight excluding hydrogens is 196 g/mol. The summed E-state index contributed by atoms with van der Waals surface area (Å²) in [5, 5.41) is 0. The summed E-state index contributed by atoms with van der Waals surface area (Å²) in [4.78, 5) is 2.35. The van der Waals surface area contributed by atoms with Crippen LogP contribution in [0.2, 0.25) is 0 Å². The molecule has 1 aromatic rings. The highest BCUT2D eigenvalue weighted by Gasteiger charge is 2.33. The molecule has 0 spiro atoms. The van der Waals surface area contributed by atoms with E-state index in [9.17, 15) is 0 Å². The molecule has 16 heavy (non-hydrogen) atoms. The lowest BCUT2D eigenvalue weighted by Gasteiger charge is -2.41. The van der Waals surface area contributed by atoms with Crippen LogP contribution in [0.4, 0.5) is 0 Å². The van der Waals surface area contributed by atoms with E-state index < -0.39 is 0 Å². The third-order valence-corrected chi connectivity index (χ3v) is 3.64. The van der Waals surface area contributed by atoms with E-state index in [1.54, 1.807) is 0 Å². The highest BCUT2D eigenvalue weighted by molar-refractivity contribution is 5.25. The minimum Gasteiger partial charge on any atom is -0.324 e. The van der Waals surface area contributed by atoms with Gasteiger partial charge in [0.05, 0.1) is 0 Å². The predicted molar refractivity (Wildman–Crippen MR) is 68.3 cm³/mol. The largest absolute Gasteiger partial charge is 0.324 e. The summed E-state index contributed by atoms with van der Waals surface area (Å²) in [7, 11) is 2.17. The molecule has 0 heterocycles. The molecule has 0 radical (unpaired) electrons. The average Bonchev–Trinajstić information content (AvgIpc) is 2.19. The van der Waals surface area contributed by atoms with Crippen molar-refractivity contribution in [3.8, 4) is 0 Å². The van der Waals surface area contributed by atoms with Gasteiger partial charge in [-0.1, -0.05) is 24.3 Å². The molecule has 0 amide bonds. The van der Waals surface area contributed by atoms with Crippen molar-refractivity contribution in [1.29, 1.82) is 0 Å².